The first-order valence-corrected chi connectivity index (χ1v) is 10.7. The summed E-state index contributed by atoms with van der Waals surface area (Å²) in [5.74, 6) is 2.85. The zero-order valence-electron chi connectivity index (χ0n) is 18.4. The zero-order chi connectivity index (χ0) is 22.1. The van der Waals surface area contributed by atoms with Crippen molar-refractivity contribution in [3.05, 3.63) is 76.0 Å². The van der Waals surface area contributed by atoms with E-state index in [1.54, 1.807) is 33.7 Å². The van der Waals surface area contributed by atoms with E-state index in [-0.39, 0.29) is 12.4 Å². The maximum atomic E-state index is 5.97. The molecule has 0 bridgehead atoms. The fourth-order valence-electron chi connectivity index (χ4n) is 3.16. The van der Waals surface area contributed by atoms with Gasteiger partial charge in [0.05, 0.1) is 25.8 Å². The van der Waals surface area contributed by atoms with Gasteiger partial charge in [-0.1, -0.05) is 12.1 Å². The largest absolute Gasteiger partial charge is 0.493 e. The lowest BCUT2D eigenvalue weighted by atomic mass is 10.1. The van der Waals surface area contributed by atoms with E-state index in [0.29, 0.717) is 24.7 Å². The highest BCUT2D eigenvalue weighted by atomic mass is 79.9. The van der Waals surface area contributed by atoms with Gasteiger partial charge in [-0.15, -0.1) is 12.4 Å². The van der Waals surface area contributed by atoms with E-state index in [0.717, 1.165) is 40.1 Å². The van der Waals surface area contributed by atoms with Gasteiger partial charge in [-0.2, -0.15) is 0 Å². The van der Waals surface area contributed by atoms with E-state index in [1.807, 2.05) is 36.4 Å². The van der Waals surface area contributed by atoms with Crippen molar-refractivity contribution in [2.45, 2.75) is 19.6 Å². The summed E-state index contributed by atoms with van der Waals surface area (Å²) in [6, 6.07) is 13.9. The Morgan fingerprint density at radius 3 is 2.31 bits per heavy atom. The van der Waals surface area contributed by atoms with Gasteiger partial charge in [0.2, 0.25) is 0 Å². The summed E-state index contributed by atoms with van der Waals surface area (Å²) >= 11 is 3.61. The highest BCUT2D eigenvalue weighted by molar-refractivity contribution is 9.10. The molecule has 1 N–H and O–H groups in total. The first-order chi connectivity index (χ1) is 15.1. The number of hydrogen-bond donors (Lipinski definition) is 1. The summed E-state index contributed by atoms with van der Waals surface area (Å²) in [6.07, 6.45) is 4.41. The molecule has 0 radical (unpaired) electrons. The molecule has 2 aromatic carbocycles. The standard InChI is InChI=1S/C24H27BrN2O4.ClH/c1-28-21-7-6-17(12-22(21)29-2)8-10-27-15-19-11-20(25)24(23(13-19)30-3)31-16-18-5-4-9-26-14-18;/h4-7,9,11-14,27H,8,10,15-16H2,1-3H3;1H. The van der Waals surface area contributed by atoms with E-state index in [1.165, 1.54) is 5.56 Å². The minimum atomic E-state index is 0. The van der Waals surface area contributed by atoms with Crippen LogP contribution < -0.4 is 24.3 Å². The molecule has 0 amide bonds. The number of nitrogens with one attached hydrogen (secondary N) is 1. The van der Waals surface area contributed by atoms with E-state index in [4.69, 9.17) is 18.9 Å². The summed E-state index contributed by atoms with van der Waals surface area (Å²) in [5.41, 5.74) is 3.28. The second-order valence-electron chi connectivity index (χ2n) is 6.88. The lowest BCUT2D eigenvalue weighted by Gasteiger charge is -2.15. The first kappa shape index (κ1) is 25.8. The molecule has 172 valence electrons. The van der Waals surface area contributed by atoms with Crippen LogP contribution in [0.25, 0.3) is 0 Å². The number of hydrogen-bond acceptors (Lipinski definition) is 6. The quantitative estimate of drug-likeness (QED) is 0.349. The maximum Gasteiger partial charge on any atom is 0.175 e. The molecule has 1 aromatic heterocycles. The molecule has 0 aliphatic heterocycles. The molecule has 0 aliphatic rings. The van der Waals surface area contributed by atoms with Crippen molar-refractivity contribution in [3.8, 4) is 23.0 Å². The van der Waals surface area contributed by atoms with E-state index < -0.39 is 0 Å². The Balaban J connectivity index is 0.00000363. The fraction of sp³-hybridized carbons (Fsp3) is 0.292. The lowest BCUT2D eigenvalue weighted by Crippen LogP contribution is -2.17. The van der Waals surface area contributed by atoms with Gasteiger partial charge in [0.15, 0.2) is 23.0 Å². The fourth-order valence-corrected chi connectivity index (χ4v) is 3.76. The molecule has 0 fully saturated rings. The van der Waals surface area contributed by atoms with Crippen LogP contribution in [-0.2, 0) is 19.6 Å². The van der Waals surface area contributed by atoms with Crippen LogP contribution in [0.15, 0.2) is 59.3 Å². The number of ether oxygens (including phenoxy) is 4. The average molecular weight is 524 g/mol. The van der Waals surface area contributed by atoms with Gasteiger partial charge >= 0.3 is 0 Å². The molecule has 6 nitrogen and oxygen atoms in total. The Bertz CT molecular complexity index is 989. The minimum absolute atomic E-state index is 0. The van der Waals surface area contributed by atoms with Crippen molar-refractivity contribution in [1.82, 2.24) is 10.3 Å². The molecule has 32 heavy (non-hydrogen) atoms. The van der Waals surface area contributed by atoms with Gasteiger partial charge < -0.3 is 24.3 Å². The Labute approximate surface area is 203 Å². The van der Waals surface area contributed by atoms with Crippen LogP contribution in [0, 0.1) is 0 Å². The van der Waals surface area contributed by atoms with Gasteiger partial charge in [0, 0.05) is 24.5 Å². The Kier molecular flexibility index (Phi) is 10.6. The molecule has 0 unspecified atom stereocenters. The molecule has 8 heteroatoms. The highest BCUT2D eigenvalue weighted by Gasteiger charge is 2.12. The Hall–Kier alpha value is -2.48. The third kappa shape index (κ3) is 7.02. The van der Waals surface area contributed by atoms with E-state index >= 15 is 0 Å². The number of halogens is 2. The van der Waals surface area contributed by atoms with Gasteiger partial charge in [-0.3, -0.25) is 4.98 Å². The lowest BCUT2D eigenvalue weighted by molar-refractivity contribution is 0.282. The van der Waals surface area contributed by atoms with Crippen LogP contribution in [0.2, 0.25) is 0 Å². The number of aromatic nitrogens is 1. The second-order valence-corrected chi connectivity index (χ2v) is 7.73. The predicted molar refractivity (Wildman–Crippen MR) is 131 cm³/mol. The molecule has 0 saturated heterocycles. The summed E-state index contributed by atoms with van der Waals surface area (Å²) in [6.45, 7) is 1.96. The molecule has 0 aliphatic carbocycles. The van der Waals surface area contributed by atoms with Gasteiger partial charge in [-0.05, 0) is 70.4 Å². The number of benzene rings is 2. The normalized spacial score (nSPS) is 10.2. The van der Waals surface area contributed by atoms with Crippen LogP contribution in [0.4, 0.5) is 0 Å². The molecule has 0 atom stereocenters. The van der Waals surface area contributed by atoms with Crippen LogP contribution >= 0.6 is 28.3 Å². The Morgan fingerprint density at radius 1 is 0.875 bits per heavy atom. The molecule has 3 rings (SSSR count). The van der Waals surface area contributed by atoms with Crippen molar-refractivity contribution < 1.29 is 18.9 Å². The number of nitrogens with zero attached hydrogens (tertiary/aromatic N) is 1. The molecular weight excluding hydrogens is 496 g/mol. The Morgan fingerprint density at radius 2 is 1.62 bits per heavy atom. The minimum Gasteiger partial charge on any atom is -0.493 e. The SMILES string of the molecule is COc1ccc(CCNCc2cc(Br)c(OCc3cccnc3)c(OC)c2)cc1OC.Cl. The molecular formula is C24H28BrClN2O4. The number of pyridine rings is 1. The first-order valence-electron chi connectivity index (χ1n) is 9.94. The van der Waals surface area contributed by atoms with Crippen LogP contribution in [0.1, 0.15) is 16.7 Å². The number of rotatable bonds is 11. The van der Waals surface area contributed by atoms with Crippen molar-refractivity contribution >= 4 is 28.3 Å². The molecule has 3 aromatic rings. The topological polar surface area (TPSA) is 61.8 Å². The molecule has 1 heterocycles. The van der Waals surface area contributed by atoms with E-state index in [2.05, 4.69) is 32.3 Å². The van der Waals surface area contributed by atoms with Gasteiger partial charge in [-0.25, -0.2) is 0 Å². The zero-order valence-corrected chi connectivity index (χ0v) is 20.8. The van der Waals surface area contributed by atoms with E-state index in [9.17, 15) is 0 Å². The van der Waals surface area contributed by atoms with Crippen molar-refractivity contribution in [1.29, 1.82) is 0 Å². The summed E-state index contributed by atoms with van der Waals surface area (Å²) in [4.78, 5) is 4.11. The monoisotopic (exact) mass is 522 g/mol. The smallest absolute Gasteiger partial charge is 0.175 e. The average Bonchev–Trinajstić information content (AvgIpc) is 2.81. The van der Waals surface area contributed by atoms with Crippen molar-refractivity contribution in [2.24, 2.45) is 0 Å². The van der Waals surface area contributed by atoms with Crippen LogP contribution in [-0.4, -0.2) is 32.9 Å². The van der Waals surface area contributed by atoms with Crippen LogP contribution in [0.5, 0.6) is 23.0 Å². The third-order valence-corrected chi connectivity index (χ3v) is 5.35. The van der Waals surface area contributed by atoms with Gasteiger partial charge in [0.1, 0.15) is 6.61 Å². The van der Waals surface area contributed by atoms with Crippen molar-refractivity contribution in [3.63, 3.8) is 0 Å². The predicted octanol–water partition coefficient (Wildman–Crippen LogP) is 5.20. The second kappa shape index (κ2) is 13.2. The van der Waals surface area contributed by atoms with Crippen LogP contribution in [0.3, 0.4) is 0 Å². The molecule has 0 saturated carbocycles. The summed E-state index contributed by atoms with van der Waals surface area (Å²) in [7, 11) is 4.93. The van der Waals surface area contributed by atoms with Gasteiger partial charge in [0.25, 0.3) is 0 Å². The highest BCUT2D eigenvalue weighted by Crippen LogP contribution is 2.37. The molecule has 0 spiro atoms. The maximum absolute atomic E-state index is 5.97. The number of methoxy groups -OCH3 is 3. The summed E-state index contributed by atoms with van der Waals surface area (Å²) < 4.78 is 23.0. The third-order valence-electron chi connectivity index (χ3n) is 4.76. The van der Waals surface area contributed by atoms with Crippen molar-refractivity contribution in [2.75, 3.05) is 27.9 Å². The summed E-state index contributed by atoms with van der Waals surface area (Å²) in [5, 5.41) is 3.47.